The summed E-state index contributed by atoms with van der Waals surface area (Å²) in [7, 11) is -9.25. The summed E-state index contributed by atoms with van der Waals surface area (Å²) in [6, 6.07) is 0. The van der Waals surface area contributed by atoms with Crippen LogP contribution in [-0.4, -0.2) is 139 Å². The molecule has 0 spiro atoms. The Hall–Kier alpha value is -4.88. The molecule has 5 heterocycles. The van der Waals surface area contributed by atoms with Gasteiger partial charge in [0, 0.05) is 42.9 Å². The standard InChI is InChI=1S/C18H21F3O8S.C16H19F3O6S.C13H11F5O4S/c19-18(20,21)7-27-16(23)12-9-6-10-13(12)17(24)29-15(10)14(9)28-11(22)5-8-1-3-30(25,26)4-2-8;17-16(18,19)15-7-9-6-10(15)13(25-14(15)21)12(9)24-11(20)5-8-1-3-26(22,23)4-2-8;14-8-9(15)11(17)13(12(18)10(8)16)22-7(19)5-6-1-3-23(20,21)4-2-6/h8-10,12-15H,1-7H2;8-10,12-13H,1-7H2;6H,1-5H2. The number of hydrogen-bond acceptors (Lipinski definition) is 18. The van der Waals surface area contributed by atoms with E-state index in [0.717, 1.165) is 0 Å². The van der Waals surface area contributed by atoms with Gasteiger partial charge in [-0.25, -0.2) is 38.4 Å². The molecule has 18 nitrogen and oxygen atoms in total. The molecule has 9 aliphatic rings. The van der Waals surface area contributed by atoms with E-state index in [4.69, 9.17) is 18.9 Å². The number of sulfone groups is 3. The molecule has 0 amide bonds. The fraction of sp³-hybridized carbons (Fsp3) is 0.745. The lowest BCUT2D eigenvalue weighted by atomic mass is 9.73. The summed E-state index contributed by atoms with van der Waals surface area (Å²) in [6.07, 6.45) is -11.3. The van der Waals surface area contributed by atoms with E-state index in [1.165, 1.54) is 0 Å². The maximum absolute atomic E-state index is 13.5. The lowest BCUT2D eigenvalue weighted by Crippen LogP contribution is -2.48. The highest BCUT2D eigenvalue weighted by atomic mass is 32.2. The highest BCUT2D eigenvalue weighted by Crippen LogP contribution is 2.68. The number of esters is 6. The highest BCUT2D eigenvalue weighted by Gasteiger charge is 2.80. The molecule has 32 heteroatoms. The molecule has 1 aromatic rings. The van der Waals surface area contributed by atoms with Gasteiger partial charge >= 0.3 is 48.2 Å². The van der Waals surface area contributed by atoms with Gasteiger partial charge in [-0.2, -0.15) is 35.1 Å². The maximum atomic E-state index is 13.5. The van der Waals surface area contributed by atoms with Crippen molar-refractivity contribution in [3.8, 4) is 5.75 Å². The first kappa shape index (κ1) is 60.2. The Morgan fingerprint density at radius 3 is 1.47 bits per heavy atom. The van der Waals surface area contributed by atoms with Gasteiger partial charge in [0.05, 0.1) is 46.4 Å². The minimum Gasteiger partial charge on any atom is -0.458 e. The minimum absolute atomic E-state index is 0.00329. The summed E-state index contributed by atoms with van der Waals surface area (Å²) in [5, 5.41) is 0. The highest BCUT2D eigenvalue weighted by molar-refractivity contribution is 7.91. The molecule has 4 bridgehead atoms. The molecule has 79 heavy (non-hydrogen) atoms. The number of carbonyl (C=O) groups excluding carboxylic acids is 6. The molecule has 5 aliphatic heterocycles. The molecule has 5 saturated heterocycles. The Bertz CT molecular complexity index is 2900. The van der Waals surface area contributed by atoms with Crippen molar-refractivity contribution < 1.29 is 131 Å². The summed E-state index contributed by atoms with van der Waals surface area (Å²) in [4.78, 5) is 72.6. The third-order valence-electron chi connectivity index (χ3n) is 16.6. The quantitative estimate of drug-likeness (QED) is 0.0692. The van der Waals surface area contributed by atoms with Gasteiger partial charge in [-0.15, -0.1) is 0 Å². The van der Waals surface area contributed by atoms with Crippen LogP contribution in [0.1, 0.15) is 77.0 Å². The van der Waals surface area contributed by atoms with Crippen LogP contribution in [0.3, 0.4) is 0 Å². The summed E-state index contributed by atoms with van der Waals surface area (Å²) in [5.74, 6) is -23.7. The Morgan fingerprint density at radius 2 is 1.01 bits per heavy atom. The summed E-state index contributed by atoms with van der Waals surface area (Å²) >= 11 is 0. The number of fused-ring (bicyclic) bond motifs is 2. The Labute approximate surface area is 443 Å². The molecule has 11 atom stereocenters. The van der Waals surface area contributed by atoms with Gasteiger partial charge in [0.1, 0.15) is 53.9 Å². The van der Waals surface area contributed by atoms with E-state index in [-0.39, 0.29) is 84.9 Å². The number of carbonyl (C=O) groups is 6. The third-order valence-corrected chi connectivity index (χ3v) is 21.7. The van der Waals surface area contributed by atoms with Crippen molar-refractivity contribution in [2.24, 2.45) is 58.7 Å². The second-order valence-corrected chi connectivity index (χ2v) is 28.5. The molecule has 1 aromatic carbocycles. The van der Waals surface area contributed by atoms with Crippen LogP contribution >= 0.6 is 0 Å². The lowest BCUT2D eigenvalue weighted by molar-refractivity contribution is -0.231. The number of alkyl halides is 6. The fourth-order valence-corrected chi connectivity index (χ4v) is 17.4. The monoisotopic (exact) mass is 1210 g/mol. The van der Waals surface area contributed by atoms with E-state index in [0.29, 0.717) is 32.1 Å². The second kappa shape index (κ2) is 22.1. The van der Waals surface area contributed by atoms with Crippen LogP contribution in [-0.2, 0) is 82.0 Å². The Balaban J connectivity index is 0.000000158. The van der Waals surface area contributed by atoms with Crippen LogP contribution in [0.2, 0.25) is 0 Å². The molecule has 10 rings (SSSR count). The largest absolute Gasteiger partial charge is 0.458 e. The van der Waals surface area contributed by atoms with Gasteiger partial charge in [0.2, 0.25) is 34.8 Å². The van der Waals surface area contributed by atoms with Crippen molar-refractivity contribution in [2.45, 2.75) is 114 Å². The molecule has 0 radical (unpaired) electrons. The van der Waals surface area contributed by atoms with E-state index in [1.807, 2.05) is 0 Å². The normalized spacial score (nSPS) is 32.9. The molecule has 0 aromatic heterocycles. The molecule has 0 N–H and O–H groups in total. The lowest BCUT2D eigenvalue weighted by Gasteiger charge is -2.33. The number of ether oxygens (including phenoxy) is 6. The van der Waals surface area contributed by atoms with Crippen LogP contribution in [0.25, 0.3) is 0 Å². The van der Waals surface area contributed by atoms with Crippen LogP contribution in [0.5, 0.6) is 5.75 Å². The van der Waals surface area contributed by atoms with Crippen molar-refractivity contribution in [3.63, 3.8) is 0 Å². The van der Waals surface area contributed by atoms with Crippen LogP contribution in [0, 0.1) is 87.8 Å². The molecule has 11 unspecified atom stereocenters. The average molecular weight is 1210 g/mol. The van der Waals surface area contributed by atoms with Gasteiger partial charge in [0.25, 0.3) is 0 Å². The van der Waals surface area contributed by atoms with E-state index in [2.05, 4.69) is 9.47 Å². The van der Waals surface area contributed by atoms with E-state index >= 15 is 0 Å². The predicted molar refractivity (Wildman–Crippen MR) is 240 cm³/mol. The molecular weight excluding hydrogens is 1160 g/mol. The molecule has 442 valence electrons. The van der Waals surface area contributed by atoms with Crippen molar-refractivity contribution >= 4 is 65.3 Å². The van der Waals surface area contributed by atoms with Crippen molar-refractivity contribution in [2.75, 3.05) is 41.1 Å². The molecular formula is C47H51F11O18S3. The van der Waals surface area contributed by atoms with Crippen molar-refractivity contribution in [1.29, 1.82) is 0 Å². The smallest absolute Gasteiger partial charge is 0.422 e. The number of hydrogen-bond donors (Lipinski definition) is 0. The summed E-state index contributed by atoms with van der Waals surface area (Å²) < 4.78 is 241. The Kier molecular flexibility index (Phi) is 16.9. The van der Waals surface area contributed by atoms with E-state index < -0.39 is 197 Å². The third kappa shape index (κ3) is 12.6. The predicted octanol–water partition coefficient (Wildman–Crippen LogP) is 5.16. The molecule has 4 aliphatic carbocycles. The first-order valence-corrected chi connectivity index (χ1v) is 30.5. The Morgan fingerprint density at radius 1 is 0.570 bits per heavy atom. The second-order valence-electron chi connectivity index (χ2n) is 21.6. The number of rotatable bonds is 11. The summed E-state index contributed by atoms with van der Waals surface area (Å²) in [6.45, 7) is -1.75. The van der Waals surface area contributed by atoms with Crippen LogP contribution < -0.4 is 4.74 Å². The van der Waals surface area contributed by atoms with Crippen LogP contribution in [0.4, 0.5) is 48.3 Å². The van der Waals surface area contributed by atoms with Crippen molar-refractivity contribution in [3.05, 3.63) is 29.1 Å². The zero-order valence-corrected chi connectivity index (χ0v) is 43.6. The fourth-order valence-electron chi connectivity index (χ4n) is 12.6. The van der Waals surface area contributed by atoms with Gasteiger partial charge in [-0.3, -0.25) is 28.8 Å². The van der Waals surface area contributed by atoms with Gasteiger partial charge in [-0.05, 0) is 75.5 Å². The molecule has 9 fully saturated rings. The summed E-state index contributed by atoms with van der Waals surface area (Å²) in [5.41, 5.74) is -2.44. The molecule has 4 saturated carbocycles. The van der Waals surface area contributed by atoms with Gasteiger partial charge in [0.15, 0.2) is 12.0 Å². The van der Waals surface area contributed by atoms with Crippen LogP contribution in [0.15, 0.2) is 0 Å². The number of benzene rings is 1. The topological polar surface area (TPSA) is 260 Å². The van der Waals surface area contributed by atoms with E-state index in [1.54, 1.807) is 0 Å². The average Bonchev–Trinajstić information content (AvgIpc) is 2.57. The first-order chi connectivity index (χ1) is 36.6. The maximum Gasteiger partial charge on any atom is 0.422 e. The zero-order chi connectivity index (χ0) is 58.1. The first-order valence-electron chi connectivity index (χ1n) is 25.0. The SMILES string of the molecule is O=C(CC1CCS(=O)(=O)CC1)OC1C2CC3C1OC(=O)C3(C(F)(F)F)C2.O=C(CC1CCS(=O)(=O)CC1)OC1C2CC3C1OC(=O)C3C2C(=O)OCC(F)(F)F.O=C(CC1CCS(=O)(=O)CC1)Oc1c(F)c(F)c(F)c(F)c1F. The zero-order valence-electron chi connectivity index (χ0n) is 41.2. The van der Waals surface area contributed by atoms with Gasteiger partial charge in [-0.1, -0.05) is 0 Å². The van der Waals surface area contributed by atoms with Gasteiger partial charge < -0.3 is 28.4 Å². The van der Waals surface area contributed by atoms with Crippen molar-refractivity contribution in [1.82, 2.24) is 0 Å². The van der Waals surface area contributed by atoms with E-state index in [9.17, 15) is 102 Å². The number of halogens is 11. The minimum atomic E-state index is -4.69.